The van der Waals surface area contributed by atoms with Crippen molar-refractivity contribution in [2.75, 3.05) is 13.1 Å². The van der Waals surface area contributed by atoms with Crippen molar-refractivity contribution in [1.82, 2.24) is 31.9 Å². The normalized spacial score (nSPS) is 16.9. The van der Waals surface area contributed by atoms with Gasteiger partial charge >= 0.3 is 29.8 Å². The maximum atomic E-state index is 13.3. The summed E-state index contributed by atoms with van der Waals surface area (Å²) in [6.07, 6.45) is -2.06. The fourth-order valence-electron chi connectivity index (χ4n) is 5.92. The fraction of sp³-hybridized carbons (Fsp3) is 0.686. The van der Waals surface area contributed by atoms with Gasteiger partial charge in [-0.2, -0.15) is 0 Å². The zero-order valence-corrected chi connectivity index (χ0v) is 31.7. The van der Waals surface area contributed by atoms with Crippen LogP contribution in [-0.4, -0.2) is 128 Å². The molecule has 6 amide bonds. The van der Waals surface area contributed by atoms with Crippen LogP contribution in [0.2, 0.25) is 0 Å². The SMILES string of the molecule is CCNC(=O)[C@H](CCC(=O)O)NC(=O)[C@H](CCC(=O)O)NC(=O)[C@H](CCC(=O)O)NC(=O)CC[C@H](NC(=O)C1CCC(CNC(=O)CCCC(=O)O)CC1)C(=O)O. The van der Waals surface area contributed by atoms with Crippen LogP contribution in [0.25, 0.3) is 0 Å². The van der Waals surface area contributed by atoms with E-state index in [0.29, 0.717) is 32.2 Å². The molecule has 4 atom stereocenters. The number of carboxylic acids is 5. The molecule has 22 nitrogen and oxygen atoms in total. The zero-order chi connectivity index (χ0) is 43.1. The number of aliphatic carboxylic acids is 5. The number of hydrogen-bond donors (Lipinski definition) is 11. The van der Waals surface area contributed by atoms with E-state index >= 15 is 0 Å². The van der Waals surface area contributed by atoms with Crippen molar-refractivity contribution in [3.05, 3.63) is 0 Å². The lowest BCUT2D eigenvalue weighted by Gasteiger charge is -2.29. The first kappa shape index (κ1) is 49.2. The molecule has 1 aliphatic rings. The van der Waals surface area contributed by atoms with E-state index in [4.69, 9.17) is 10.2 Å². The Labute approximate surface area is 327 Å². The summed E-state index contributed by atoms with van der Waals surface area (Å²) in [6.45, 7) is 2.06. The second kappa shape index (κ2) is 26.1. The predicted octanol–water partition coefficient (Wildman–Crippen LogP) is -1.30. The van der Waals surface area contributed by atoms with E-state index < -0.39 is 134 Å². The first-order chi connectivity index (χ1) is 26.8. The molecule has 320 valence electrons. The van der Waals surface area contributed by atoms with Gasteiger partial charge in [0.15, 0.2) is 0 Å². The van der Waals surface area contributed by atoms with Crippen LogP contribution in [0.1, 0.15) is 103 Å². The summed E-state index contributed by atoms with van der Waals surface area (Å²) >= 11 is 0. The van der Waals surface area contributed by atoms with Crippen molar-refractivity contribution < 1.29 is 78.3 Å². The minimum Gasteiger partial charge on any atom is -0.481 e. The van der Waals surface area contributed by atoms with E-state index in [-0.39, 0.29) is 44.1 Å². The fourth-order valence-corrected chi connectivity index (χ4v) is 5.92. The molecule has 11 N–H and O–H groups in total. The highest BCUT2D eigenvalue weighted by Gasteiger charge is 2.32. The Morgan fingerprint density at radius 2 is 0.947 bits per heavy atom. The van der Waals surface area contributed by atoms with Gasteiger partial charge in [-0.05, 0) is 70.6 Å². The summed E-state index contributed by atoms with van der Waals surface area (Å²) < 4.78 is 0. The third kappa shape index (κ3) is 21.2. The van der Waals surface area contributed by atoms with Crippen LogP contribution in [0.3, 0.4) is 0 Å². The molecule has 57 heavy (non-hydrogen) atoms. The Kier molecular flexibility index (Phi) is 22.5. The molecule has 0 aromatic rings. The highest BCUT2D eigenvalue weighted by Crippen LogP contribution is 2.29. The molecule has 0 aromatic carbocycles. The Balaban J connectivity index is 2.88. The maximum Gasteiger partial charge on any atom is 0.326 e. The molecule has 1 saturated carbocycles. The highest BCUT2D eigenvalue weighted by atomic mass is 16.4. The van der Waals surface area contributed by atoms with Gasteiger partial charge in [0.1, 0.15) is 24.2 Å². The van der Waals surface area contributed by atoms with Crippen molar-refractivity contribution in [3.63, 3.8) is 0 Å². The van der Waals surface area contributed by atoms with Gasteiger partial charge in [0.05, 0.1) is 0 Å². The molecular formula is C35H54N6O16. The first-order valence-electron chi connectivity index (χ1n) is 18.7. The lowest BCUT2D eigenvalue weighted by molar-refractivity contribution is -0.143. The number of amides is 6. The van der Waals surface area contributed by atoms with Gasteiger partial charge in [-0.1, -0.05) is 0 Å². The van der Waals surface area contributed by atoms with E-state index in [0.717, 1.165) is 0 Å². The summed E-state index contributed by atoms with van der Waals surface area (Å²) in [5, 5.41) is 60.3. The average molecular weight is 815 g/mol. The smallest absolute Gasteiger partial charge is 0.326 e. The molecular weight excluding hydrogens is 760 g/mol. The lowest BCUT2D eigenvalue weighted by Crippen LogP contribution is -2.57. The molecule has 0 unspecified atom stereocenters. The van der Waals surface area contributed by atoms with Crippen molar-refractivity contribution in [2.24, 2.45) is 11.8 Å². The molecule has 0 heterocycles. The molecule has 0 aliphatic heterocycles. The molecule has 1 fully saturated rings. The minimum atomic E-state index is -1.63. The molecule has 0 spiro atoms. The average Bonchev–Trinajstić information content (AvgIpc) is 3.13. The van der Waals surface area contributed by atoms with Crippen LogP contribution in [0, 0.1) is 11.8 Å². The van der Waals surface area contributed by atoms with Crippen LogP contribution in [-0.2, 0) is 52.7 Å². The summed E-state index contributed by atoms with van der Waals surface area (Å²) in [5.74, 6) is -11.5. The second-order valence-corrected chi connectivity index (χ2v) is 13.6. The number of nitrogens with one attached hydrogen (secondary N) is 6. The van der Waals surface area contributed by atoms with Gasteiger partial charge in [0.2, 0.25) is 35.4 Å². The van der Waals surface area contributed by atoms with E-state index in [1.54, 1.807) is 6.92 Å². The quantitative estimate of drug-likeness (QED) is 0.0437. The summed E-state index contributed by atoms with van der Waals surface area (Å²) in [4.78, 5) is 133. The van der Waals surface area contributed by atoms with Crippen LogP contribution in [0.4, 0.5) is 0 Å². The molecule has 0 radical (unpaired) electrons. The number of likely N-dealkylation sites (N-methyl/N-ethyl adjacent to an activating group) is 1. The van der Waals surface area contributed by atoms with Gasteiger partial charge in [0, 0.05) is 57.5 Å². The highest BCUT2D eigenvalue weighted by molar-refractivity contribution is 5.95. The molecule has 0 bridgehead atoms. The van der Waals surface area contributed by atoms with E-state index in [2.05, 4.69) is 31.9 Å². The Hall–Kier alpha value is -5.83. The van der Waals surface area contributed by atoms with Gasteiger partial charge < -0.3 is 57.4 Å². The summed E-state index contributed by atoms with van der Waals surface area (Å²) in [5.41, 5.74) is 0. The van der Waals surface area contributed by atoms with Crippen molar-refractivity contribution >= 4 is 65.3 Å². The number of carbonyl (C=O) groups excluding carboxylic acids is 6. The Bertz CT molecular complexity index is 1460. The summed E-state index contributed by atoms with van der Waals surface area (Å²) in [7, 11) is 0. The van der Waals surface area contributed by atoms with Gasteiger partial charge in [-0.3, -0.25) is 47.9 Å². The molecule has 22 heteroatoms. The Morgan fingerprint density at radius 1 is 0.491 bits per heavy atom. The topological polar surface area (TPSA) is 361 Å². The zero-order valence-electron chi connectivity index (χ0n) is 31.7. The maximum absolute atomic E-state index is 13.3. The predicted molar refractivity (Wildman–Crippen MR) is 194 cm³/mol. The lowest BCUT2D eigenvalue weighted by atomic mass is 9.81. The number of carbonyl (C=O) groups is 11. The summed E-state index contributed by atoms with van der Waals surface area (Å²) in [6, 6.07) is -6.13. The molecule has 0 aromatic heterocycles. The Morgan fingerprint density at radius 3 is 1.40 bits per heavy atom. The van der Waals surface area contributed by atoms with Crippen molar-refractivity contribution in [3.8, 4) is 0 Å². The van der Waals surface area contributed by atoms with Crippen LogP contribution in [0.5, 0.6) is 0 Å². The van der Waals surface area contributed by atoms with Gasteiger partial charge in [-0.15, -0.1) is 0 Å². The molecule has 0 saturated heterocycles. The monoisotopic (exact) mass is 814 g/mol. The van der Waals surface area contributed by atoms with Gasteiger partial charge in [-0.25, -0.2) is 4.79 Å². The third-order valence-corrected chi connectivity index (χ3v) is 9.08. The number of hydrogen-bond acceptors (Lipinski definition) is 11. The number of rotatable bonds is 28. The van der Waals surface area contributed by atoms with Crippen LogP contribution in [0.15, 0.2) is 0 Å². The van der Waals surface area contributed by atoms with E-state index in [1.165, 1.54) is 0 Å². The minimum absolute atomic E-state index is 0.0672. The molecule has 1 rings (SSSR count). The van der Waals surface area contributed by atoms with E-state index in [9.17, 15) is 68.1 Å². The number of carboxylic acid groups (broad SMARTS) is 5. The van der Waals surface area contributed by atoms with Crippen molar-refractivity contribution in [2.45, 2.75) is 127 Å². The first-order valence-corrected chi connectivity index (χ1v) is 18.7. The largest absolute Gasteiger partial charge is 0.481 e. The molecule has 1 aliphatic carbocycles. The third-order valence-electron chi connectivity index (χ3n) is 9.08. The van der Waals surface area contributed by atoms with Gasteiger partial charge in [0.25, 0.3) is 0 Å². The van der Waals surface area contributed by atoms with E-state index in [1.807, 2.05) is 0 Å². The second-order valence-electron chi connectivity index (χ2n) is 13.6. The van der Waals surface area contributed by atoms with Crippen LogP contribution < -0.4 is 31.9 Å². The van der Waals surface area contributed by atoms with Crippen molar-refractivity contribution in [1.29, 1.82) is 0 Å². The standard InChI is InChI=1S/C35H54N6O16/c1-2-36-32(53)21(11-15-28(46)47)39-34(55)23(13-17-30(50)51)40-33(54)22(12-16-29(48)49)38-26(43)14-10-24(35(56)57)41-31(52)20-8-6-19(7-9-20)18-37-25(42)4-3-5-27(44)45/h19-24H,2-18H2,1H3,(H,36,53)(H,37,42)(H,38,43)(H,39,55)(H,40,54)(H,41,52)(H,44,45)(H,46,47)(H,48,49)(H,50,51)(H,56,57)/t19?,20?,21-,22-,23-,24-/m0/s1. The van der Waals surface area contributed by atoms with Crippen LogP contribution >= 0.6 is 0 Å².